The molecular weight excluding hydrogens is 444 g/mol. The third-order valence-corrected chi connectivity index (χ3v) is 7.16. The summed E-state index contributed by atoms with van der Waals surface area (Å²) in [5.74, 6) is 0.406. The van der Waals surface area contributed by atoms with Crippen LogP contribution >= 0.6 is 27.3 Å². The lowest BCUT2D eigenvalue weighted by atomic mass is 10.1. The Bertz CT molecular complexity index is 1220. The minimum absolute atomic E-state index is 0.0545. The van der Waals surface area contributed by atoms with E-state index in [-0.39, 0.29) is 11.9 Å². The number of esters is 1. The molecule has 4 aromatic rings. The molecule has 0 N–H and O–H groups in total. The van der Waals surface area contributed by atoms with E-state index < -0.39 is 0 Å². The summed E-state index contributed by atoms with van der Waals surface area (Å²) in [4.78, 5) is 22.5. The number of aromatic nitrogens is 6. The number of halogens is 1. The molecule has 1 atom stereocenters. The van der Waals surface area contributed by atoms with Crippen LogP contribution < -0.4 is 0 Å². The normalized spacial score (nSPS) is 12.8. The highest BCUT2D eigenvalue weighted by Crippen LogP contribution is 2.32. The van der Waals surface area contributed by atoms with E-state index in [0.717, 1.165) is 31.6 Å². The number of carbonyl (C=O) groups excluding carboxylic acids is 1. The Kier molecular flexibility index (Phi) is 4.70. The molecule has 8 nitrogen and oxygen atoms in total. The van der Waals surface area contributed by atoms with Gasteiger partial charge in [-0.25, -0.2) is 19.3 Å². The van der Waals surface area contributed by atoms with Gasteiger partial charge in [-0.3, -0.25) is 4.68 Å². The predicted octanol–water partition coefficient (Wildman–Crippen LogP) is 3.81. The fraction of sp³-hybridized carbons (Fsp3) is 0.389. The molecule has 0 saturated heterocycles. The first-order chi connectivity index (χ1) is 13.3. The molecule has 0 fully saturated rings. The number of hydrogen-bond donors (Lipinski definition) is 0. The molecular formula is C18H19BrN6O2S. The number of aryl methyl sites for hydroxylation is 2. The Morgan fingerprint density at radius 1 is 1.32 bits per heavy atom. The highest BCUT2D eigenvalue weighted by Gasteiger charge is 2.22. The van der Waals surface area contributed by atoms with Crippen LogP contribution in [0.2, 0.25) is 0 Å². The molecule has 146 valence electrons. The van der Waals surface area contributed by atoms with Gasteiger partial charge in [0.1, 0.15) is 16.0 Å². The van der Waals surface area contributed by atoms with Gasteiger partial charge in [0.2, 0.25) is 0 Å². The van der Waals surface area contributed by atoms with Crippen molar-refractivity contribution in [3.05, 3.63) is 38.5 Å². The number of fused-ring (bicyclic) bond motifs is 3. The first-order valence-electron chi connectivity index (χ1n) is 8.74. The third-order valence-electron chi connectivity index (χ3n) is 4.84. The van der Waals surface area contributed by atoms with Gasteiger partial charge in [-0.1, -0.05) is 6.92 Å². The number of carbonyl (C=O) groups is 1. The van der Waals surface area contributed by atoms with E-state index in [4.69, 9.17) is 9.72 Å². The highest BCUT2D eigenvalue weighted by molar-refractivity contribution is 9.10. The van der Waals surface area contributed by atoms with E-state index >= 15 is 0 Å². The molecule has 0 aliphatic rings. The number of rotatable bonds is 4. The zero-order chi connectivity index (χ0) is 20.2. The zero-order valence-corrected chi connectivity index (χ0v) is 18.6. The Labute approximate surface area is 173 Å². The number of ether oxygens (including phenoxy) is 1. The van der Waals surface area contributed by atoms with E-state index in [1.54, 1.807) is 10.8 Å². The van der Waals surface area contributed by atoms with Crippen LogP contribution in [-0.2, 0) is 11.3 Å². The van der Waals surface area contributed by atoms with Crippen molar-refractivity contribution in [3.8, 4) is 0 Å². The van der Waals surface area contributed by atoms with Crippen LogP contribution in [0.1, 0.15) is 45.3 Å². The van der Waals surface area contributed by atoms with E-state index in [0.29, 0.717) is 22.9 Å². The van der Waals surface area contributed by atoms with Crippen molar-refractivity contribution in [1.82, 2.24) is 29.4 Å². The van der Waals surface area contributed by atoms with E-state index in [1.165, 1.54) is 18.4 Å². The molecule has 0 spiro atoms. The summed E-state index contributed by atoms with van der Waals surface area (Å²) in [5, 5.41) is 10.0. The molecule has 0 bridgehead atoms. The maximum atomic E-state index is 12.0. The summed E-state index contributed by atoms with van der Waals surface area (Å²) in [7, 11) is 1.38. The number of hydrogen-bond acceptors (Lipinski definition) is 7. The first kappa shape index (κ1) is 19.0. The van der Waals surface area contributed by atoms with Crippen molar-refractivity contribution in [2.75, 3.05) is 7.11 Å². The topological polar surface area (TPSA) is 87.2 Å². The molecule has 0 aliphatic carbocycles. The van der Waals surface area contributed by atoms with Crippen LogP contribution in [0.25, 0.3) is 15.9 Å². The van der Waals surface area contributed by atoms with Gasteiger partial charge in [0.25, 0.3) is 0 Å². The molecule has 0 radical (unpaired) electrons. The standard InChI is InChI=1S/C18H19BrN6O2S/c1-8(6-24-11(4)13(19)10(3)22-24)15-21-16-12-9(2)14(18(26)27-5)28-17(12)20-7-25(16)23-15/h7-8H,6H2,1-5H3. The van der Waals surface area contributed by atoms with Crippen molar-refractivity contribution in [1.29, 1.82) is 0 Å². The highest BCUT2D eigenvalue weighted by atomic mass is 79.9. The molecule has 4 heterocycles. The fourth-order valence-electron chi connectivity index (χ4n) is 3.24. The molecule has 0 saturated carbocycles. The molecule has 4 rings (SSSR count). The maximum Gasteiger partial charge on any atom is 0.348 e. The molecule has 1 unspecified atom stereocenters. The lowest BCUT2D eigenvalue weighted by molar-refractivity contribution is 0.0605. The van der Waals surface area contributed by atoms with E-state index in [2.05, 4.69) is 38.0 Å². The molecule has 0 aliphatic heterocycles. The smallest absolute Gasteiger partial charge is 0.348 e. The van der Waals surface area contributed by atoms with Gasteiger partial charge in [0, 0.05) is 11.6 Å². The third kappa shape index (κ3) is 2.91. The molecule has 0 aromatic carbocycles. The molecule has 0 amide bonds. The second kappa shape index (κ2) is 6.93. The first-order valence-corrected chi connectivity index (χ1v) is 10.3. The van der Waals surface area contributed by atoms with Gasteiger partial charge in [-0.05, 0) is 42.3 Å². The summed E-state index contributed by atoms with van der Waals surface area (Å²) in [6.45, 7) is 8.64. The quantitative estimate of drug-likeness (QED) is 0.428. The van der Waals surface area contributed by atoms with E-state index in [9.17, 15) is 4.79 Å². The van der Waals surface area contributed by atoms with Gasteiger partial charge in [0.15, 0.2) is 11.5 Å². The van der Waals surface area contributed by atoms with Crippen LogP contribution in [0.3, 0.4) is 0 Å². The lowest BCUT2D eigenvalue weighted by Gasteiger charge is -2.09. The summed E-state index contributed by atoms with van der Waals surface area (Å²) in [5.41, 5.74) is 3.56. The van der Waals surface area contributed by atoms with Crippen molar-refractivity contribution >= 4 is 49.1 Å². The number of nitrogens with zero attached hydrogens (tertiary/aromatic N) is 6. The minimum atomic E-state index is -0.359. The average molecular weight is 463 g/mol. The van der Waals surface area contributed by atoms with Gasteiger partial charge < -0.3 is 4.74 Å². The van der Waals surface area contributed by atoms with Crippen LogP contribution in [0.5, 0.6) is 0 Å². The monoisotopic (exact) mass is 462 g/mol. The Morgan fingerprint density at radius 3 is 2.71 bits per heavy atom. The Morgan fingerprint density at radius 2 is 2.07 bits per heavy atom. The molecule has 28 heavy (non-hydrogen) atoms. The number of methoxy groups -OCH3 is 1. The maximum absolute atomic E-state index is 12.0. The van der Waals surface area contributed by atoms with Crippen LogP contribution in [0.4, 0.5) is 0 Å². The van der Waals surface area contributed by atoms with Crippen molar-refractivity contribution in [3.63, 3.8) is 0 Å². The number of thiophene rings is 1. The van der Waals surface area contributed by atoms with Crippen LogP contribution in [-0.4, -0.2) is 42.4 Å². The molecule has 10 heteroatoms. The average Bonchev–Trinajstić information content (AvgIpc) is 3.32. The van der Waals surface area contributed by atoms with E-state index in [1.807, 2.05) is 25.5 Å². The largest absolute Gasteiger partial charge is 0.465 e. The predicted molar refractivity (Wildman–Crippen MR) is 110 cm³/mol. The lowest BCUT2D eigenvalue weighted by Crippen LogP contribution is -2.10. The van der Waals surface area contributed by atoms with Gasteiger partial charge in [0.05, 0.1) is 29.2 Å². The van der Waals surface area contributed by atoms with Gasteiger partial charge in [-0.15, -0.1) is 16.4 Å². The summed E-state index contributed by atoms with van der Waals surface area (Å²) >= 11 is 4.88. The van der Waals surface area contributed by atoms with Crippen molar-refractivity contribution in [2.45, 2.75) is 40.2 Å². The summed E-state index contributed by atoms with van der Waals surface area (Å²) in [6, 6.07) is 0. The van der Waals surface area contributed by atoms with Gasteiger partial charge >= 0.3 is 5.97 Å². The Hall–Kier alpha value is -2.33. The SMILES string of the molecule is COC(=O)c1sc2ncn3nc(C(C)Cn4nc(C)c(Br)c4C)nc3c2c1C. The molecule has 4 aromatic heterocycles. The second-order valence-corrected chi connectivity index (χ2v) is 8.57. The zero-order valence-electron chi connectivity index (χ0n) is 16.1. The fourth-order valence-corrected chi connectivity index (χ4v) is 4.59. The second-order valence-electron chi connectivity index (χ2n) is 6.78. The minimum Gasteiger partial charge on any atom is -0.465 e. The van der Waals surface area contributed by atoms with Crippen molar-refractivity contribution in [2.24, 2.45) is 0 Å². The van der Waals surface area contributed by atoms with Crippen LogP contribution in [0, 0.1) is 20.8 Å². The Balaban J connectivity index is 1.76. The van der Waals surface area contributed by atoms with Crippen molar-refractivity contribution < 1.29 is 9.53 Å². The van der Waals surface area contributed by atoms with Crippen LogP contribution in [0.15, 0.2) is 10.8 Å². The van der Waals surface area contributed by atoms with Gasteiger partial charge in [-0.2, -0.15) is 5.10 Å². The summed E-state index contributed by atoms with van der Waals surface area (Å²) < 4.78 is 9.54. The summed E-state index contributed by atoms with van der Waals surface area (Å²) in [6.07, 6.45) is 1.64.